The Labute approximate surface area is 141 Å². The lowest BCUT2D eigenvalue weighted by atomic mass is 10.1. The average Bonchev–Trinajstić information content (AvgIpc) is 2.94. The molecule has 0 unspecified atom stereocenters. The minimum atomic E-state index is -0.488. The molecule has 0 fully saturated rings. The van der Waals surface area contributed by atoms with Crippen LogP contribution in [-0.2, 0) is 4.74 Å². The zero-order valence-corrected chi connectivity index (χ0v) is 15.0. The maximum atomic E-state index is 12.2. The lowest BCUT2D eigenvalue weighted by molar-refractivity contribution is 0.00753. The molecule has 0 amide bonds. The highest BCUT2D eigenvalue weighted by molar-refractivity contribution is 9.10. The summed E-state index contributed by atoms with van der Waals surface area (Å²) in [6, 6.07) is 12.0. The van der Waals surface area contributed by atoms with Crippen molar-refractivity contribution in [2.75, 3.05) is 0 Å². The van der Waals surface area contributed by atoms with E-state index < -0.39 is 5.60 Å². The Kier molecular flexibility index (Phi) is 3.87. The van der Waals surface area contributed by atoms with Crippen LogP contribution in [0.3, 0.4) is 0 Å². The number of fused-ring (bicyclic) bond motifs is 1. The Morgan fingerprint density at radius 3 is 2.55 bits per heavy atom. The molecular weight excluding hydrogens is 362 g/mol. The molecule has 0 spiro atoms. The van der Waals surface area contributed by atoms with E-state index >= 15 is 0 Å². The first-order chi connectivity index (χ1) is 10.3. The minimum Gasteiger partial charge on any atom is -0.456 e. The highest BCUT2D eigenvalue weighted by Gasteiger charge is 2.22. The molecule has 0 saturated heterocycles. The highest BCUT2D eigenvalue weighted by atomic mass is 79.9. The van der Waals surface area contributed by atoms with Crippen molar-refractivity contribution in [3.63, 3.8) is 0 Å². The number of hydrogen-bond donors (Lipinski definition) is 1. The summed E-state index contributed by atoms with van der Waals surface area (Å²) in [5.41, 5.74) is 2.64. The van der Waals surface area contributed by atoms with Gasteiger partial charge in [-0.3, -0.25) is 0 Å². The van der Waals surface area contributed by atoms with Crippen molar-refractivity contribution in [3.05, 3.63) is 45.9 Å². The minimum absolute atomic E-state index is 0.280. The molecule has 2 heterocycles. The fourth-order valence-corrected chi connectivity index (χ4v) is 4.08. The molecule has 0 saturated carbocycles. The second kappa shape index (κ2) is 5.56. The van der Waals surface area contributed by atoms with Gasteiger partial charge in [0.2, 0.25) is 0 Å². The number of carbonyl (C=O) groups excluding carboxylic acids is 1. The number of halogens is 1. The van der Waals surface area contributed by atoms with E-state index in [0.717, 1.165) is 25.9 Å². The van der Waals surface area contributed by atoms with Gasteiger partial charge in [0, 0.05) is 5.56 Å². The summed E-state index contributed by atoms with van der Waals surface area (Å²) in [6.07, 6.45) is 0. The predicted octanol–water partition coefficient (Wildman–Crippen LogP) is 5.61. The van der Waals surface area contributed by atoms with Gasteiger partial charge in [-0.1, -0.05) is 30.3 Å². The zero-order valence-electron chi connectivity index (χ0n) is 12.6. The van der Waals surface area contributed by atoms with Crippen LogP contribution >= 0.6 is 27.3 Å². The molecule has 1 N–H and O–H groups in total. The van der Waals surface area contributed by atoms with Gasteiger partial charge in [-0.05, 0) is 48.3 Å². The first-order valence-electron chi connectivity index (χ1n) is 6.95. The Bertz CT molecular complexity index is 828. The van der Waals surface area contributed by atoms with Crippen molar-refractivity contribution in [2.45, 2.75) is 26.4 Å². The molecule has 1 aromatic carbocycles. The van der Waals surface area contributed by atoms with Crippen molar-refractivity contribution in [2.24, 2.45) is 0 Å². The van der Waals surface area contributed by atoms with Gasteiger partial charge in [0.25, 0.3) is 0 Å². The highest BCUT2D eigenvalue weighted by Crippen LogP contribution is 2.40. The van der Waals surface area contributed by atoms with E-state index in [4.69, 9.17) is 4.74 Å². The van der Waals surface area contributed by atoms with Gasteiger partial charge >= 0.3 is 5.97 Å². The molecular formula is C17H16BrNO2S. The number of carbonyl (C=O) groups is 1. The fraction of sp³-hybridized carbons (Fsp3) is 0.235. The number of aromatic nitrogens is 1. The monoisotopic (exact) mass is 377 g/mol. The summed E-state index contributed by atoms with van der Waals surface area (Å²) >= 11 is 5.02. The first-order valence-corrected chi connectivity index (χ1v) is 8.56. The van der Waals surface area contributed by atoms with E-state index in [-0.39, 0.29) is 5.97 Å². The molecule has 0 aliphatic heterocycles. The standard InChI is InChI=1S/C17H16BrNO2S/c1-17(2,3)21-16(20)12-9-11-14(22-12)13(15(18)19-11)10-7-5-4-6-8-10/h4-9,19H,1-3H3. The van der Waals surface area contributed by atoms with E-state index in [1.54, 1.807) is 0 Å². The SMILES string of the molecule is CC(C)(C)OC(=O)c1cc2[nH]c(Br)c(-c3ccccc3)c2s1. The Hall–Kier alpha value is -1.59. The maximum absolute atomic E-state index is 12.2. The number of rotatable bonds is 2. The summed E-state index contributed by atoms with van der Waals surface area (Å²) in [7, 11) is 0. The number of esters is 1. The van der Waals surface area contributed by atoms with Gasteiger partial charge in [-0.2, -0.15) is 0 Å². The second-order valence-electron chi connectivity index (χ2n) is 6.04. The molecule has 0 aliphatic carbocycles. The van der Waals surface area contributed by atoms with Gasteiger partial charge in [-0.15, -0.1) is 11.3 Å². The largest absolute Gasteiger partial charge is 0.456 e. The van der Waals surface area contributed by atoms with Gasteiger partial charge < -0.3 is 9.72 Å². The van der Waals surface area contributed by atoms with Crippen LogP contribution in [0.25, 0.3) is 21.3 Å². The molecule has 114 valence electrons. The third-order valence-corrected chi connectivity index (χ3v) is 4.81. The van der Waals surface area contributed by atoms with Gasteiger partial charge in [0.1, 0.15) is 10.5 Å². The normalized spacial score (nSPS) is 11.8. The molecule has 3 aromatic rings. The van der Waals surface area contributed by atoms with Gasteiger partial charge in [0.15, 0.2) is 0 Å². The van der Waals surface area contributed by atoms with Crippen molar-refractivity contribution < 1.29 is 9.53 Å². The Morgan fingerprint density at radius 2 is 1.91 bits per heavy atom. The number of hydrogen-bond acceptors (Lipinski definition) is 3. The van der Waals surface area contributed by atoms with Crippen LogP contribution in [0.15, 0.2) is 41.0 Å². The maximum Gasteiger partial charge on any atom is 0.348 e. The van der Waals surface area contributed by atoms with E-state index in [2.05, 4.69) is 33.0 Å². The van der Waals surface area contributed by atoms with Crippen molar-refractivity contribution in [1.29, 1.82) is 0 Å². The number of ether oxygens (including phenoxy) is 1. The van der Waals surface area contributed by atoms with Crippen LogP contribution in [0.2, 0.25) is 0 Å². The predicted molar refractivity (Wildman–Crippen MR) is 94.5 cm³/mol. The summed E-state index contributed by atoms with van der Waals surface area (Å²) in [5.74, 6) is -0.280. The summed E-state index contributed by atoms with van der Waals surface area (Å²) in [4.78, 5) is 16.1. The first kappa shape index (κ1) is 15.3. The molecule has 2 aromatic heterocycles. The number of aromatic amines is 1. The molecule has 0 atom stereocenters. The van der Waals surface area contributed by atoms with E-state index in [1.807, 2.05) is 45.0 Å². The molecule has 0 bridgehead atoms. The van der Waals surface area contributed by atoms with Crippen LogP contribution < -0.4 is 0 Å². The quantitative estimate of drug-likeness (QED) is 0.589. The topological polar surface area (TPSA) is 42.1 Å². The zero-order chi connectivity index (χ0) is 15.9. The second-order valence-corrected chi connectivity index (χ2v) is 7.88. The fourth-order valence-electron chi connectivity index (χ4n) is 2.24. The van der Waals surface area contributed by atoms with Crippen LogP contribution in [-0.4, -0.2) is 16.6 Å². The van der Waals surface area contributed by atoms with Crippen LogP contribution in [0, 0.1) is 0 Å². The van der Waals surface area contributed by atoms with Crippen LogP contribution in [0.5, 0.6) is 0 Å². The van der Waals surface area contributed by atoms with Crippen molar-refractivity contribution in [3.8, 4) is 11.1 Å². The Balaban J connectivity index is 2.05. The molecule has 5 heteroatoms. The van der Waals surface area contributed by atoms with Crippen molar-refractivity contribution in [1.82, 2.24) is 4.98 Å². The smallest absolute Gasteiger partial charge is 0.348 e. The lowest BCUT2D eigenvalue weighted by Gasteiger charge is -2.18. The van der Waals surface area contributed by atoms with Crippen LogP contribution in [0.1, 0.15) is 30.4 Å². The summed E-state index contributed by atoms with van der Waals surface area (Å²) < 4.78 is 7.43. The van der Waals surface area contributed by atoms with Crippen molar-refractivity contribution >= 4 is 43.5 Å². The molecule has 22 heavy (non-hydrogen) atoms. The molecule has 3 rings (SSSR count). The number of thiophene rings is 1. The number of nitrogens with one attached hydrogen (secondary N) is 1. The van der Waals surface area contributed by atoms with E-state index in [9.17, 15) is 4.79 Å². The lowest BCUT2D eigenvalue weighted by Crippen LogP contribution is -2.23. The third-order valence-electron chi connectivity index (χ3n) is 3.09. The van der Waals surface area contributed by atoms with Gasteiger partial charge in [-0.25, -0.2) is 4.79 Å². The third kappa shape index (κ3) is 2.96. The average molecular weight is 378 g/mol. The van der Waals surface area contributed by atoms with Gasteiger partial charge in [0.05, 0.1) is 14.8 Å². The summed E-state index contributed by atoms with van der Waals surface area (Å²) in [5, 5.41) is 0. The van der Waals surface area contributed by atoms with E-state index in [0.29, 0.717) is 4.88 Å². The molecule has 0 radical (unpaired) electrons. The molecule has 0 aliphatic rings. The number of H-pyrrole nitrogens is 1. The van der Waals surface area contributed by atoms with E-state index in [1.165, 1.54) is 11.3 Å². The summed E-state index contributed by atoms with van der Waals surface area (Å²) in [6.45, 7) is 5.61. The molecule has 3 nitrogen and oxygen atoms in total. The van der Waals surface area contributed by atoms with Crippen LogP contribution in [0.4, 0.5) is 0 Å². The Morgan fingerprint density at radius 1 is 1.23 bits per heavy atom. The number of benzene rings is 1.